The molecule has 5 heteroatoms. The van der Waals surface area contributed by atoms with E-state index in [4.69, 9.17) is 4.74 Å². The fourth-order valence-corrected chi connectivity index (χ4v) is 2.45. The normalized spacial score (nSPS) is 23.8. The minimum atomic E-state index is -0.0277. The Morgan fingerprint density at radius 3 is 3.05 bits per heavy atom. The lowest BCUT2D eigenvalue weighted by molar-refractivity contribution is -0.0388. The number of morpholine rings is 1. The number of H-pyrrole nitrogens is 1. The molecule has 1 fully saturated rings. The number of nitrogens with one attached hydrogen (secondary N) is 1. The molecule has 1 aromatic heterocycles. The van der Waals surface area contributed by atoms with Gasteiger partial charge in [-0.15, -0.1) is 0 Å². The number of rotatable bonds is 1. The lowest BCUT2D eigenvalue weighted by atomic mass is 10.1. The Bertz CT molecular complexity index is 608. The lowest BCUT2D eigenvalue weighted by Crippen LogP contribution is -2.50. The van der Waals surface area contributed by atoms with E-state index in [0.29, 0.717) is 18.8 Å². The molecule has 1 aliphatic rings. The third kappa shape index (κ3) is 2.10. The number of para-hydroxylation sites is 1. The van der Waals surface area contributed by atoms with E-state index in [1.807, 2.05) is 43.0 Å². The third-order valence-electron chi connectivity index (χ3n) is 3.54. The van der Waals surface area contributed by atoms with Gasteiger partial charge >= 0.3 is 0 Å². The highest BCUT2D eigenvalue weighted by Crippen LogP contribution is 2.20. The Morgan fingerprint density at radius 1 is 1.42 bits per heavy atom. The van der Waals surface area contributed by atoms with Crippen LogP contribution >= 0.6 is 0 Å². The first-order valence-corrected chi connectivity index (χ1v) is 6.52. The molecule has 0 aliphatic carbocycles. The van der Waals surface area contributed by atoms with E-state index in [1.165, 1.54) is 0 Å². The molecule has 1 amide bonds. The van der Waals surface area contributed by atoms with Crippen LogP contribution in [0.1, 0.15) is 24.3 Å². The molecule has 19 heavy (non-hydrogen) atoms. The van der Waals surface area contributed by atoms with Crippen molar-refractivity contribution in [1.29, 1.82) is 0 Å². The number of benzene rings is 1. The fraction of sp³-hybridized carbons (Fsp3) is 0.429. The molecule has 1 aromatic carbocycles. The summed E-state index contributed by atoms with van der Waals surface area (Å²) in [6, 6.07) is 7.76. The molecule has 0 spiro atoms. The highest BCUT2D eigenvalue weighted by Gasteiger charge is 2.30. The number of ether oxygens (including phenoxy) is 1. The molecule has 2 heterocycles. The first-order chi connectivity index (χ1) is 9.16. The van der Waals surface area contributed by atoms with Gasteiger partial charge < -0.3 is 9.64 Å². The molecule has 0 radical (unpaired) electrons. The van der Waals surface area contributed by atoms with Crippen LogP contribution in [0, 0.1) is 0 Å². The maximum atomic E-state index is 12.6. The molecule has 3 rings (SSSR count). The number of carbonyl (C=O) groups is 1. The maximum absolute atomic E-state index is 12.6. The van der Waals surface area contributed by atoms with Crippen LogP contribution in [0.5, 0.6) is 0 Å². The minimum absolute atomic E-state index is 0.0277. The zero-order valence-corrected chi connectivity index (χ0v) is 11.1. The molecule has 100 valence electrons. The summed E-state index contributed by atoms with van der Waals surface area (Å²) in [5.41, 5.74) is 1.39. The molecule has 2 aromatic rings. The molecule has 2 atom stereocenters. The van der Waals surface area contributed by atoms with Crippen molar-refractivity contribution >= 4 is 16.8 Å². The van der Waals surface area contributed by atoms with E-state index in [-0.39, 0.29) is 18.1 Å². The topological polar surface area (TPSA) is 58.2 Å². The zero-order valence-electron chi connectivity index (χ0n) is 11.1. The van der Waals surface area contributed by atoms with Crippen LogP contribution in [0.2, 0.25) is 0 Å². The van der Waals surface area contributed by atoms with Gasteiger partial charge in [-0.2, -0.15) is 5.10 Å². The van der Waals surface area contributed by atoms with Gasteiger partial charge in [0.2, 0.25) is 0 Å². The molecule has 1 aliphatic heterocycles. The molecule has 1 N–H and O–H groups in total. The van der Waals surface area contributed by atoms with Gasteiger partial charge in [-0.3, -0.25) is 9.89 Å². The Morgan fingerprint density at radius 2 is 2.21 bits per heavy atom. The largest absolute Gasteiger partial charge is 0.375 e. The summed E-state index contributed by atoms with van der Waals surface area (Å²) in [5, 5.41) is 7.95. The summed E-state index contributed by atoms with van der Waals surface area (Å²) >= 11 is 0. The summed E-state index contributed by atoms with van der Waals surface area (Å²) < 4.78 is 5.55. The quantitative estimate of drug-likeness (QED) is 0.849. The standard InChI is InChI=1S/C14H17N3O2/c1-9-8-19-10(2)7-17(9)14(18)13-11-5-3-4-6-12(11)15-16-13/h3-6,9-10H,7-8H2,1-2H3,(H,15,16)/t9-,10+/m1/s1. The van der Waals surface area contributed by atoms with E-state index in [2.05, 4.69) is 10.2 Å². The van der Waals surface area contributed by atoms with Crippen molar-refractivity contribution in [2.45, 2.75) is 26.0 Å². The molecule has 0 saturated carbocycles. The average Bonchev–Trinajstić information content (AvgIpc) is 2.84. The number of aromatic nitrogens is 2. The van der Waals surface area contributed by atoms with Crippen molar-refractivity contribution < 1.29 is 9.53 Å². The van der Waals surface area contributed by atoms with Gasteiger partial charge in [-0.05, 0) is 19.9 Å². The number of amides is 1. The number of carbonyl (C=O) groups excluding carboxylic acids is 1. The molecular weight excluding hydrogens is 242 g/mol. The van der Waals surface area contributed by atoms with Crippen LogP contribution in [0.4, 0.5) is 0 Å². The molecular formula is C14H17N3O2. The smallest absolute Gasteiger partial charge is 0.275 e. The first-order valence-electron chi connectivity index (χ1n) is 6.52. The van der Waals surface area contributed by atoms with Gasteiger partial charge in [0.1, 0.15) is 0 Å². The summed E-state index contributed by atoms with van der Waals surface area (Å²) in [6.07, 6.45) is 0.0744. The lowest BCUT2D eigenvalue weighted by Gasteiger charge is -2.36. The highest BCUT2D eigenvalue weighted by atomic mass is 16.5. The number of hydrogen-bond acceptors (Lipinski definition) is 3. The molecule has 5 nitrogen and oxygen atoms in total. The Balaban J connectivity index is 1.95. The van der Waals surface area contributed by atoms with Crippen molar-refractivity contribution in [2.75, 3.05) is 13.2 Å². The van der Waals surface area contributed by atoms with Crippen molar-refractivity contribution in [3.8, 4) is 0 Å². The number of aromatic amines is 1. The van der Waals surface area contributed by atoms with Crippen molar-refractivity contribution in [1.82, 2.24) is 15.1 Å². The van der Waals surface area contributed by atoms with Crippen LogP contribution in [0.3, 0.4) is 0 Å². The van der Waals surface area contributed by atoms with Crippen LogP contribution < -0.4 is 0 Å². The maximum Gasteiger partial charge on any atom is 0.275 e. The highest BCUT2D eigenvalue weighted by molar-refractivity contribution is 6.04. The van der Waals surface area contributed by atoms with Crippen LogP contribution in [0.15, 0.2) is 24.3 Å². The minimum Gasteiger partial charge on any atom is -0.375 e. The second-order valence-electron chi connectivity index (χ2n) is 5.07. The number of hydrogen-bond donors (Lipinski definition) is 1. The SMILES string of the molecule is C[C@@H]1CO[C@@H](C)CN1C(=O)c1n[nH]c2ccccc12. The number of fused-ring (bicyclic) bond motifs is 1. The Kier molecular flexibility index (Phi) is 2.98. The Labute approximate surface area is 111 Å². The van der Waals surface area contributed by atoms with E-state index >= 15 is 0 Å². The third-order valence-corrected chi connectivity index (χ3v) is 3.54. The second kappa shape index (κ2) is 4.66. The van der Waals surface area contributed by atoms with E-state index < -0.39 is 0 Å². The predicted molar refractivity (Wildman–Crippen MR) is 72.0 cm³/mol. The average molecular weight is 259 g/mol. The second-order valence-corrected chi connectivity index (χ2v) is 5.07. The van der Waals surface area contributed by atoms with Crippen molar-refractivity contribution in [3.05, 3.63) is 30.0 Å². The van der Waals surface area contributed by atoms with Crippen LogP contribution in [-0.4, -0.2) is 46.3 Å². The first kappa shape index (κ1) is 12.2. The van der Waals surface area contributed by atoms with Gasteiger partial charge in [0.05, 0.1) is 24.3 Å². The van der Waals surface area contributed by atoms with Gasteiger partial charge in [-0.1, -0.05) is 18.2 Å². The van der Waals surface area contributed by atoms with E-state index in [1.54, 1.807) is 0 Å². The molecule has 1 saturated heterocycles. The van der Waals surface area contributed by atoms with Gasteiger partial charge in [0, 0.05) is 11.9 Å². The Hall–Kier alpha value is -1.88. The summed E-state index contributed by atoms with van der Waals surface area (Å²) in [6.45, 7) is 5.17. The van der Waals surface area contributed by atoms with Crippen molar-refractivity contribution in [3.63, 3.8) is 0 Å². The summed E-state index contributed by atoms with van der Waals surface area (Å²) in [5.74, 6) is -0.0277. The zero-order chi connectivity index (χ0) is 13.4. The van der Waals surface area contributed by atoms with Gasteiger partial charge in [0.25, 0.3) is 5.91 Å². The molecule has 0 unspecified atom stereocenters. The number of nitrogens with zero attached hydrogens (tertiary/aromatic N) is 2. The monoisotopic (exact) mass is 259 g/mol. The predicted octanol–water partition coefficient (Wildman–Crippen LogP) is 1.81. The van der Waals surface area contributed by atoms with Gasteiger partial charge in [-0.25, -0.2) is 0 Å². The van der Waals surface area contributed by atoms with Crippen LogP contribution in [0.25, 0.3) is 10.9 Å². The fourth-order valence-electron chi connectivity index (χ4n) is 2.45. The van der Waals surface area contributed by atoms with E-state index in [9.17, 15) is 4.79 Å². The van der Waals surface area contributed by atoms with Crippen LogP contribution in [-0.2, 0) is 4.74 Å². The molecule has 0 bridgehead atoms. The van der Waals surface area contributed by atoms with Crippen molar-refractivity contribution in [2.24, 2.45) is 0 Å². The summed E-state index contributed by atoms with van der Waals surface area (Å²) in [7, 11) is 0. The van der Waals surface area contributed by atoms with E-state index in [0.717, 1.165) is 10.9 Å². The van der Waals surface area contributed by atoms with Gasteiger partial charge in [0.15, 0.2) is 5.69 Å². The summed E-state index contributed by atoms with van der Waals surface area (Å²) in [4.78, 5) is 14.5.